The van der Waals surface area contributed by atoms with Crippen LogP contribution >= 0.6 is 0 Å². The van der Waals surface area contributed by atoms with Crippen LogP contribution in [0.4, 0.5) is 0 Å². The van der Waals surface area contributed by atoms with Gasteiger partial charge in [-0.3, -0.25) is 0 Å². The summed E-state index contributed by atoms with van der Waals surface area (Å²) in [5.41, 5.74) is 1.53. The molecule has 36 heavy (non-hydrogen) atoms. The van der Waals surface area contributed by atoms with E-state index in [9.17, 15) is 15.3 Å². The summed E-state index contributed by atoms with van der Waals surface area (Å²) in [5.74, 6) is 4.82. The molecule has 0 heterocycles. The Labute approximate surface area is 218 Å². The second-order valence-electron chi connectivity index (χ2n) is 13.6. The maximum absolute atomic E-state index is 10.8. The number of benzene rings is 1. The monoisotopic (exact) mass is 498 g/mol. The van der Waals surface area contributed by atoms with E-state index in [0.717, 1.165) is 61.2 Å². The average molecular weight is 499 g/mol. The number of fused-ring (bicyclic) bond motifs is 5. The SMILES string of the molecule is COc1ccccc1C(O)CCC[C@@H](C)[C@H]1CC[C@H]2[C@@H]3CC[C@H]4[C@@H](O)[C@@H](O)CC[C@]4(C)[C@H]3CC[C@]12C. The van der Waals surface area contributed by atoms with E-state index in [1.165, 1.54) is 38.5 Å². The van der Waals surface area contributed by atoms with E-state index in [1.807, 2.05) is 24.3 Å². The van der Waals surface area contributed by atoms with Gasteiger partial charge in [0.25, 0.3) is 0 Å². The van der Waals surface area contributed by atoms with Gasteiger partial charge in [-0.25, -0.2) is 0 Å². The third-order valence-corrected chi connectivity index (χ3v) is 12.1. The molecule has 1 unspecified atom stereocenters. The molecule has 1 aromatic rings. The fraction of sp³-hybridized carbons (Fsp3) is 0.812. The second-order valence-corrected chi connectivity index (χ2v) is 13.6. The summed E-state index contributed by atoms with van der Waals surface area (Å²) in [4.78, 5) is 0. The highest BCUT2D eigenvalue weighted by Crippen LogP contribution is 2.68. The molecule has 1 aromatic carbocycles. The summed E-state index contributed by atoms with van der Waals surface area (Å²) < 4.78 is 5.46. The lowest BCUT2D eigenvalue weighted by Crippen LogP contribution is -2.58. The van der Waals surface area contributed by atoms with Gasteiger partial charge in [-0.05, 0) is 110 Å². The molecule has 0 radical (unpaired) electrons. The van der Waals surface area contributed by atoms with Crippen molar-refractivity contribution in [1.29, 1.82) is 0 Å². The Kier molecular flexibility index (Phi) is 7.53. The molecule has 5 rings (SSSR count). The standard InChI is InChI=1S/C32H50O4/c1-20(8-7-10-27(33)22-9-5-6-11-29(22)36-4)23-14-15-24-21-12-13-26-30(35)28(34)17-19-32(26,3)25(21)16-18-31(23,24)2/h5-6,9,11,20-21,23-28,30,33-35H,7-8,10,12-19H2,1-4H3/t20-,21+,23-,24+,25+,26+,27?,28+,30-,31-,32-/m1/s1. The predicted octanol–water partition coefficient (Wildman–Crippen LogP) is 6.53. The van der Waals surface area contributed by atoms with Gasteiger partial charge in [-0.15, -0.1) is 0 Å². The molecule has 202 valence electrons. The summed E-state index contributed by atoms with van der Waals surface area (Å²) in [6.45, 7) is 7.53. The molecule has 0 bridgehead atoms. The molecule has 4 aliphatic carbocycles. The summed E-state index contributed by atoms with van der Waals surface area (Å²) in [6, 6.07) is 7.84. The number of para-hydroxylation sites is 1. The molecular weight excluding hydrogens is 448 g/mol. The van der Waals surface area contributed by atoms with E-state index in [0.29, 0.717) is 17.3 Å². The smallest absolute Gasteiger partial charge is 0.124 e. The first-order valence-electron chi connectivity index (χ1n) is 14.9. The van der Waals surface area contributed by atoms with E-state index in [2.05, 4.69) is 20.8 Å². The minimum Gasteiger partial charge on any atom is -0.496 e. The number of hydrogen-bond donors (Lipinski definition) is 3. The summed E-state index contributed by atoms with van der Waals surface area (Å²) >= 11 is 0. The molecule has 4 fully saturated rings. The highest BCUT2D eigenvalue weighted by atomic mass is 16.5. The molecule has 0 amide bonds. The fourth-order valence-corrected chi connectivity index (χ4v) is 10.2. The number of aliphatic hydroxyl groups is 3. The zero-order chi connectivity index (χ0) is 25.7. The molecule has 3 N–H and O–H groups in total. The number of ether oxygens (including phenoxy) is 1. The van der Waals surface area contributed by atoms with Crippen LogP contribution in [0.25, 0.3) is 0 Å². The normalized spacial score (nSPS) is 43.7. The Morgan fingerprint density at radius 3 is 2.36 bits per heavy atom. The topological polar surface area (TPSA) is 69.9 Å². The lowest BCUT2D eigenvalue weighted by Gasteiger charge is -2.62. The number of rotatable bonds is 7. The molecule has 4 aliphatic rings. The van der Waals surface area contributed by atoms with Gasteiger partial charge in [0.15, 0.2) is 0 Å². The Balaban J connectivity index is 1.21. The van der Waals surface area contributed by atoms with Crippen molar-refractivity contribution < 1.29 is 20.1 Å². The zero-order valence-electron chi connectivity index (χ0n) is 23.0. The van der Waals surface area contributed by atoms with Gasteiger partial charge in [-0.2, -0.15) is 0 Å². The van der Waals surface area contributed by atoms with Crippen LogP contribution in [0.15, 0.2) is 24.3 Å². The number of aliphatic hydroxyl groups excluding tert-OH is 3. The Hall–Kier alpha value is -1.10. The van der Waals surface area contributed by atoms with Crippen molar-refractivity contribution in [2.45, 2.75) is 110 Å². The lowest BCUT2D eigenvalue weighted by molar-refractivity contribution is -0.174. The van der Waals surface area contributed by atoms with Crippen molar-refractivity contribution in [3.8, 4) is 5.75 Å². The van der Waals surface area contributed by atoms with Crippen molar-refractivity contribution in [2.75, 3.05) is 7.11 Å². The van der Waals surface area contributed by atoms with Crippen molar-refractivity contribution in [3.63, 3.8) is 0 Å². The Morgan fingerprint density at radius 1 is 0.889 bits per heavy atom. The van der Waals surface area contributed by atoms with Gasteiger partial charge in [-0.1, -0.05) is 51.8 Å². The Bertz CT molecular complexity index is 902. The van der Waals surface area contributed by atoms with Crippen LogP contribution in [0, 0.1) is 46.3 Å². The predicted molar refractivity (Wildman–Crippen MR) is 144 cm³/mol. The summed E-state index contributed by atoms with van der Waals surface area (Å²) in [7, 11) is 1.67. The third-order valence-electron chi connectivity index (χ3n) is 12.1. The van der Waals surface area contributed by atoms with Gasteiger partial charge >= 0.3 is 0 Å². The summed E-state index contributed by atoms with van der Waals surface area (Å²) in [6.07, 6.45) is 11.0. The second kappa shape index (κ2) is 10.2. The van der Waals surface area contributed by atoms with E-state index in [4.69, 9.17) is 4.74 Å². The first kappa shape index (κ1) is 26.5. The zero-order valence-corrected chi connectivity index (χ0v) is 23.0. The molecular formula is C32H50O4. The van der Waals surface area contributed by atoms with Crippen molar-refractivity contribution >= 4 is 0 Å². The van der Waals surface area contributed by atoms with Gasteiger partial charge in [0.1, 0.15) is 5.75 Å². The van der Waals surface area contributed by atoms with Crippen LogP contribution in [-0.4, -0.2) is 34.6 Å². The largest absolute Gasteiger partial charge is 0.496 e. The van der Waals surface area contributed by atoms with E-state index >= 15 is 0 Å². The fourth-order valence-electron chi connectivity index (χ4n) is 10.2. The van der Waals surface area contributed by atoms with Crippen LogP contribution in [0.3, 0.4) is 0 Å². The van der Waals surface area contributed by atoms with Gasteiger partial charge in [0.05, 0.1) is 25.4 Å². The molecule has 0 saturated heterocycles. The molecule has 4 saturated carbocycles. The maximum Gasteiger partial charge on any atom is 0.124 e. The molecule has 0 spiro atoms. The first-order chi connectivity index (χ1) is 17.2. The highest BCUT2D eigenvalue weighted by Gasteiger charge is 2.61. The number of methoxy groups -OCH3 is 1. The lowest BCUT2D eigenvalue weighted by atomic mass is 9.44. The van der Waals surface area contributed by atoms with Crippen molar-refractivity contribution in [1.82, 2.24) is 0 Å². The average Bonchev–Trinajstić information content (AvgIpc) is 3.23. The molecule has 0 aromatic heterocycles. The number of hydrogen-bond acceptors (Lipinski definition) is 4. The van der Waals surface area contributed by atoms with Gasteiger partial charge < -0.3 is 20.1 Å². The quantitative estimate of drug-likeness (QED) is 0.400. The van der Waals surface area contributed by atoms with Crippen LogP contribution < -0.4 is 4.74 Å². The third kappa shape index (κ3) is 4.33. The van der Waals surface area contributed by atoms with Gasteiger partial charge in [0.2, 0.25) is 0 Å². The van der Waals surface area contributed by atoms with E-state index in [-0.39, 0.29) is 11.3 Å². The molecule has 11 atom stereocenters. The first-order valence-corrected chi connectivity index (χ1v) is 14.9. The summed E-state index contributed by atoms with van der Waals surface area (Å²) in [5, 5.41) is 32.0. The van der Waals surface area contributed by atoms with Crippen LogP contribution in [-0.2, 0) is 0 Å². The molecule has 4 nitrogen and oxygen atoms in total. The minimum atomic E-state index is -0.527. The van der Waals surface area contributed by atoms with E-state index < -0.39 is 18.3 Å². The van der Waals surface area contributed by atoms with Crippen LogP contribution in [0.2, 0.25) is 0 Å². The Morgan fingerprint density at radius 2 is 1.58 bits per heavy atom. The van der Waals surface area contributed by atoms with E-state index in [1.54, 1.807) is 7.11 Å². The van der Waals surface area contributed by atoms with Crippen LogP contribution in [0.1, 0.15) is 103 Å². The molecule has 0 aliphatic heterocycles. The van der Waals surface area contributed by atoms with Gasteiger partial charge in [0, 0.05) is 5.56 Å². The minimum absolute atomic E-state index is 0.196. The van der Waals surface area contributed by atoms with Crippen LogP contribution in [0.5, 0.6) is 5.75 Å². The molecule has 4 heteroatoms. The maximum atomic E-state index is 10.8. The van der Waals surface area contributed by atoms with Crippen molar-refractivity contribution in [2.24, 2.45) is 46.3 Å². The van der Waals surface area contributed by atoms with Crippen molar-refractivity contribution in [3.05, 3.63) is 29.8 Å². The highest BCUT2D eigenvalue weighted by molar-refractivity contribution is 5.34.